The zero-order valence-electron chi connectivity index (χ0n) is 15.7. The molecule has 1 fully saturated rings. The molecule has 2 heterocycles. The van der Waals surface area contributed by atoms with Crippen molar-refractivity contribution in [2.24, 2.45) is 5.92 Å². The number of rotatable bonds is 6. The van der Waals surface area contributed by atoms with Gasteiger partial charge >= 0.3 is 0 Å². The monoisotopic (exact) mass is 386 g/mol. The largest absolute Gasteiger partial charge is 0.362 e. The lowest BCUT2D eigenvalue weighted by molar-refractivity contribution is 0.444. The van der Waals surface area contributed by atoms with Gasteiger partial charge < -0.3 is 15.5 Å². The SMILES string of the molecule is CC1CCCN(c2ccc(NC(=S)NCCCc3ccc(F)cc3)cn2)C1. The third-order valence-electron chi connectivity index (χ3n) is 4.83. The zero-order chi connectivity index (χ0) is 19.1. The smallest absolute Gasteiger partial charge is 0.170 e. The lowest BCUT2D eigenvalue weighted by Crippen LogP contribution is -2.34. The molecule has 0 radical (unpaired) electrons. The standard InChI is InChI=1S/C21H27FN4S/c1-16-4-3-13-26(15-16)20-11-10-19(14-24-20)25-21(27)23-12-2-5-17-6-8-18(22)9-7-17/h6-11,14,16H,2-5,12-13,15H2,1H3,(H2,23,25,27). The van der Waals surface area contributed by atoms with Gasteiger partial charge in [0.2, 0.25) is 0 Å². The number of thiocarbonyl (C=S) groups is 1. The van der Waals surface area contributed by atoms with Crippen LogP contribution >= 0.6 is 12.2 Å². The maximum atomic E-state index is 12.9. The summed E-state index contributed by atoms with van der Waals surface area (Å²) >= 11 is 5.35. The molecule has 0 aliphatic carbocycles. The van der Waals surface area contributed by atoms with E-state index in [1.165, 1.54) is 25.0 Å². The van der Waals surface area contributed by atoms with E-state index in [1.807, 2.05) is 24.4 Å². The van der Waals surface area contributed by atoms with Crippen molar-refractivity contribution in [3.8, 4) is 0 Å². The molecule has 0 amide bonds. The van der Waals surface area contributed by atoms with Crippen LogP contribution in [0.1, 0.15) is 31.7 Å². The average molecular weight is 387 g/mol. The van der Waals surface area contributed by atoms with Crippen molar-refractivity contribution in [3.63, 3.8) is 0 Å². The number of anilines is 2. The van der Waals surface area contributed by atoms with Gasteiger partial charge in [0.25, 0.3) is 0 Å². The normalized spacial score (nSPS) is 16.8. The highest BCUT2D eigenvalue weighted by atomic mass is 32.1. The first-order valence-electron chi connectivity index (χ1n) is 9.60. The van der Waals surface area contributed by atoms with Gasteiger partial charge in [0.1, 0.15) is 11.6 Å². The second-order valence-electron chi connectivity index (χ2n) is 7.21. The highest BCUT2D eigenvalue weighted by Gasteiger charge is 2.17. The third-order valence-corrected chi connectivity index (χ3v) is 5.07. The van der Waals surface area contributed by atoms with E-state index < -0.39 is 0 Å². The Morgan fingerprint density at radius 3 is 2.78 bits per heavy atom. The fourth-order valence-corrected chi connectivity index (χ4v) is 3.59. The number of halogens is 1. The summed E-state index contributed by atoms with van der Waals surface area (Å²) in [7, 11) is 0. The molecule has 6 heteroatoms. The van der Waals surface area contributed by atoms with Crippen molar-refractivity contribution >= 4 is 28.8 Å². The first-order chi connectivity index (χ1) is 13.1. The van der Waals surface area contributed by atoms with Crippen LogP contribution in [0.2, 0.25) is 0 Å². The van der Waals surface area contributed by atoms with Crippen molar-refractivity contribution < 1.29 is 4.39 Å². The molecule has 1 saturated heterocycles. The molecule has 3 rings (SSSR count). The molecule has 27 heavy (non-hydrogen) atoms. The van der Waals surface area contributed by atoms with Crippen molar-refractivity contribution in [2.45, 2.75) is 32.6 Å². The Labute approximate surface area is 166 Å². The summed E-state index contributed by atoms with van der Waals surface area (Å²) in [5.74, 6) is 1.56. The second kappa shape index (κ2) is 9.65. The van der Waals surface area contributed by atoms with Crippen molar-refractivity contribution in [2.75, 3.05) is 29.9 Å². The molecule has 0 spiro atoms. The van der Waals surface area contributed by atoms with E-state index >= 15 is 0 Å². The quantitative estimate of drug-likeness (QED) is 0.570. The number of nitrogens with one attached hydrogen (secondary N) is 2. The van der Waals surface area contributed by atoms with Crippen LogP contribution in [0.4, 0.5) is 15.9 Å². The van der Waals surface area contributed by atoms with Crippen LogP contribution in [0.15, 0.2) is 42.6 Å². The van der Waals surface area contributed by atoms with E-state index in [9.17, 15) is 4.39 Å². The minimum atomic E-state index is -0.198. The lowest BCUT2D eigenvalue weighted by Gasteiger charge is -2.31. The van der Waals surface area contributed by atoms with Crippen LogP contribution in [0.5, 0.6) is 0 Å². The Bertz CT molecular complexity index is 733. The molecular formula is C21H27FN4S. The number of piperidine rings is 1. The van der Waals surface area contributed by atoms with Crippen LogP contribution in [-0.4, -0.2) is 29.7 Å². The fraction of sp³-hybridized carbons (Fsp3) is 0.429. The van der Waals surface area contributed by atoms with E-state index in [-0.39, 0.29) is 5.82 Å². The molecule has 4 nitrogen and oxygen atoms in total. The number of hydrogen-bond acceptors (Lipinski definition) is 3. The Morgan fingerprint density at radius 1 is 1.26 bits per heavy atom. The van der Waals surface area contributed by atoms with E-state index in [4.69, 9.17) is 12.2 Å². The van der Waals surface area contributed by atoms with Crippen LogP contribution in [0.25, 0.3) is 0 Å². The number of pyridine rings is 1. The molecule has 144 valence electrons. The Morgan fingerprint density at radius 2 is 2.07 bits per heavy atom. The second-order valence-corrected chi connectivity index (χ2v) is 7.62. The van der Waals surface area contributed by atoms with Crippen LogP contribution in [0.3, 0.4) is 0 Å². The molecular weight excluding hydrogens is 359 g/mol. The topological polar surface area (TPSA) is 40.2 Å². The van der Waals surface area contributed by atoms with Crippen LogP contribution in [0, 0.1) is 11.7 Å². The van der Waals surface area contributed by atoms with Gasteiger partial charge in [0.05, 0.1) is 11.9 Å². The summed E-state index contributed by atoms with van der Waals surface area (Å²) in [6.45, 7) is 5.22. The van der Waals surface area contributed by atoms with E-state index in [2.05, 4.69) is 33.5 Å². The molecule has 1 atom stereocenters. The molecule has 0 saturated carbocycles. The van der Waals surface area contributed by atoms with Gasteiger partial charge in [-0.1, -0.05) is 19.1 Å². The predicted octanol–water partition coefficient (Wildman–Crippen LogP) is 4.38. The van der Waals surface area contributed by atoms with Crippen molar-refractivity contribution in [1.29, 1.82) is 0 Å². The van der Waals surface area contributed by atoms with Crippen LogP contribution in [-0.2, 0) is 6.42 Å². The minimum absolute atomic E-state index is 0.198. The van der Waals surface area contributed by atoms with Gasteiger partial charge in [0, 0.05) is 19.6 Å². The number of nitrogens with zero attached hydrogens (tertiary/aromatic N) is 2. The molecule has 0 bridgehead atoms. The zero-order valence-corrected chi connectivity index (χ0v) is 16.6. The summed E-state index contributed by atoms with van der Waals surface area (Å²) in [6, 6.07) is 10.7. The van der Waals surface area contributed by atoms with Crippen LogP contribution < -0.4 is 15.5 Å². The summed E-state index contributed by atoms with van der Waals surface area (Å²) < 4.78 is 12.9. The molecule has 1 aromatic carbocycles. The maximum Gasteiger partial charge on any atom is 0.170 e. The lowest BCUT2D eigenvalue weighted by atomic mass is 10.0. The average Bonchev–Trinajstić information content (AvgIpc) is 2.67. The number of aryl methyl sites for hydroxylation is 1. The molecule has 1 aliphatic rings. The molecule has 1 aliphatic heterocycles. The third kappa shape index (κ3) is 6.17. The highest BCUT2D eigenvalue weighted by molar-refractivity contribution is 7.80. The summed E-state index contributed by atoms with van der Waals surface area (Å²) in [5.41, 5.74) is 2.02. The number of aromatic nitrogens is 1. The van der Waals surface area contributed by atoms with E-state index in [0.717, 1.165) is 55.5 Å². The summed E-state index contributed by atoms with van der Waals surface area (Å²) in [5, 5.41) is 6.97. The molecule has 1 unspecified atom stereocenters. The first kappa shape index (κ1) is 19.5. The fourth-order valence-electron chi connectivity index (χ4n) is 3.37. The van der Waals surface area contributed by atoms with Crippen molar-refractivity contribution in [3.05, 3.63) is 54.0 Å². The Kier molecular flexibility index (Phi) is 6.98. The van der Waals surface area contributed by atoms with Crippen molar-refractivity contribution in [1.82, 2.24) is 10.3 Å². The molecule has 1 aromatic heterocycles. The molecule has 2 N–H and O–H groups in total. The Hall–Kier alpha value is -2.21. The van der Waals surface area contributed by atoms with Gasteiger partial charge in [0.15, 0.2) is 5.11 Å². The number of hydrogen-bond donors (Lipinski definition) is 2. The van der Waals surface area contributed by atoms with E-state index in [0.29, 0.717) is 5.11 Å². The van der Waals surface area contributed by atoms with E-state index in [1.54, 1.807) is 0 Å². The first-order valence-corrected chi connectivity index (χ1v) is 10.0. The van der Waals surface area contributed by atoms with Gasteiger partial charge in [-0.25, -0.2) is 9.37 Å². The minimum Gasteiger partial charge on any atom is -0.362 e. The van der Waals surface area contributed by atoms with Gasteiger partial charge in [-0.2, -0.15) is 0 Å². The summed E-state index contributed by atoms with van der Waals surface area (Å²) in [6.07, 6.45) is 6.19. The van der Waals surface area contributed by atoms with Gasteiger partial charge in [-0.15, -0.1) is 0 Å². The van der Waals surface area contributed by atoms with Gasteiger partial charge in [-0.3, -0.25) is 0 Å². The maximum absolute atomic E-state index is 12.9. The highest BCUT2D eigenvalue weighted by Crippen LogP contribution is 2.22. The Balaban J connectivity index is 1.39. The molecule has 2 aromatic rings. The van der Waals surface area contributed by atoms with Gasteiger partial charge in [-0.05, 0) is 73.6 Å². The predicted molar refractivity (Wildman–Crippen MR) is 114 cm³/mol. The number of benzene rings is 1. The summed E-state index contributed by atoms with van der Waals surface area (Å²) in [4.78, 5) is 6.93.